The van der Waals surface area contributed by atoms with Crippen molar-refractivity contribution in [3.8, 4) is 0 Å². The Labute approximate surface area is 111 Å². The smallest absolute Gasteiger partial charge is 0.123 e. The second-order valence-corrected chi connectivity index (χ2v) is 5.49. The monoisotopic (exact) mass is 264 g/mol. The van der Waals surface area contributed by atoms with Crippen LogP contribution in [0.15, 0.2) is 30.5 Å². The van der Waals surface area contributed by atoms with Gasteiger partial charge in [0.1, 0.15) is 5.82 Å². The molecule has 0 aliphatic heterocycles. The van der Waals surface area contributed by atoms with E-state index in [0.29, 0.717) is 0 Å². The third-order valence-corrected chi connectivity index (χ3v) is 3.79. The minimum Gasteiger partial charge on any atom is -0.309 e. The van der Waals surface area contributed by atoms with Gasteiger partial charge in [0.2, 0.25) is 0 Å². The normalized spacial score (nSPS) is 12.6. The van der Waals surface area contributed by atoms with Gasteiger partial charge in [0.15, 0.2) is 0 Å². The summed E-state index contributed by atoms with van der Waals surface area (Å²) in [5, 5.41) is 4.49. The van der Waals surface area contributed by atoms with Crippen LogP contribution in [0.2, 0.25) is 0 Å². The lowest BCUT2D eigenvalue weighted by Crippen LogP contribution is -2.22. The van der Waals surface area contributed by atoms with Gasteiger partial charge in [-0.1, -0.05) is 19.1 Å². The van der Waals surface area contributed by atoms with Crippen molar-refractivity contribution in [2.75, 3.05) is 6.54 Å². The van der Waals surface area contributed by atoms with Gasteiger partial charge in [0, 0.05) is 17.1 Å². The van der Waals surface area contributed by atoms with Crippen molar-refractivity contribution in [1.82, 2.24) is 10.3 Å². The Morgan fingerprint density at radius 1 is 1.44 bits per heavy atom. The molecule has 0 spiro atoms. The molecule has 1 unspecified atom stereocenters. The van der Waals surface area contributed by atoms with E-state index in [4.69, 9.17) is 0 Å². The van der Waals surface area contributed by atoms with Crippen molar-refractivity contribution < 1.29 is 4.39 Å². The Balaban J connectivity index is 2.16. The lowest BCUT2D eigenvalue weighted by molar-refractivity contribution is 0.554. The standard InChI is InChI=1S/C14H17FN2S/c1-3-16-13(14-9-17-10(2)18-14)8-11-5-4-6-12(15)7-11/h4-7,9,13,16H,3,8H2,1-2H3. The highest BCUT2D eigenvalue weighted by molar-refractivity contribution is 7.11. The first kappa shape index (κ1) is 13.2. The number of nitrogens with zero attached hydrogens (tertiary/aromatic N) is 1. The number of hydrogen-bond donors (Lipinski definition) is 1. The lowest BCUT2D eigenvalue weighted by atomic mass is 10.0. The maximum atomic E-state index is 13.2. The van der Waals surface area contributed by atoms with E-state index in [1.807, 2.05) is 19.2 Å². The van der Waals surface area contributed by atoms with Gasteiger partial charge in [-0.3, -0.25) is 0 Å². The molecule has 18 heavy (non-hydrogen) atoms. The number of thiazole rings is 1. The summed E-state index contributed by atoms with van der Waals surface area (Å²) < 4.78 is 13.2. The summed E-state index contributed by atoms with van der Waals surface area (Å²) in [7, 11) is 0. The molecule has 1 N–H and O–H groups in total. The topological polar surface area (TPSA) is 24.9 Å². The Kier molecular flexibility index (Phi) is 4.44. The highest BCUT2D eigenvalue weighted by Gasteiger charge is 2.14. The zero-order valence-corrected chi connectivity index (χ0v) is 11.4. The summed E-state index contributed by atoms with van der Waals surface area (Å²) >= 11 is 1.69. The number of rotatable bonds is 5. The van der Waals surface area contributed by atoms with Crippen LogP contribution in [-0.4, -0.2) is 11.5 Å². The molecule has 0 bridgehead atoms. The molecular weight excluding hydrogens is 247 g/mol. The van der Waals surface area contributed by atoms with E-state index >= 15 is 0 Å². The van der Waals surface area contributed by atoms with Gasteiger partial charge in [-0.2, -0.15) is 0 Å². The summed E-state index contributed by atoms with van der Waals surface area (Å²) in [6.07, 6.45) is 2.69. The molecule has 0 amide bonds. The predicted molar refractivity (Wildman–Crippen MR) is 73.4 cm³/mol. The number of aromatic nitrogens is 1. The molecule has 0 fully saturated rings. The van der Waals surface area contributed by atoms with Crippen molar-refractivity contribution in [3.05, 3.63) is 51.7 Å². The van der Waals surface area contributed by atoms with Gasteiger partial charge >= 0.3 is 0 Å². The first-order valence-corrected chi connectivity index (χ1v) is 6.91. The van der Waals surface area contributed by atoms with E-state index in [0.717, 1.165) is 23.5 Å². The van der Waals surface area contributed by atoms with Crippen molar-refractivity contribution in [2.24, 2.45) is 0 Å². The first-order chi connectivity index (χ1) is 8.69. The van der Waals surface area contributed by atoms with E-state index in [1.54, 1.807) is 23.5 Å². The number of nitrogens with one attached hydrogen (secondary N) is 1. The lowest BCUT2D eigenvalue weighted by Gasteiger charge is -2.16. The van der Waals surface area contributed by atoms with Gasteiger partial charge < -0.3 is 5.32 Å². The molecule has 4 heteroatoms. The summed E-state index contributed by atoms with van der Waals surface area (Å²) in [4.78, 5) is 5.49. The average molecular weight is 264 g/mol. The van der Waals surface area contributed by atoms with Crippen molar-refractivity contribution in [2.45, 2.75) is 26.3 Å². The summed E-state index contributed by atoms with van der Waals surface area (Å²) in [6, 6.07) is 7.00. The molecule has 0 saturated heterocycles. The van der Waals surface area contributed by atoms with Gasteiger partial charge in [0.05, 0.1) is 5.01 Å². The van der Waals surface area contributed by atoms with Crippen LogP contribution in [0.4, 0.5) is 4.39 Å². The molecule has 0 radical (unpaired) electrons. The average Bonchev–Trinajstić information content (AvgIpc) is 2.75. The van der Waals surface area contributed by atoms with Crippen molar-refractivity contribution in [3.63, 3.8) is 0 Å². The van der Waals surface area contributed by atoms with Crippen molar-refractivity contribution in [1.29, 1.82) is 0 Å². The quantitative estimate of drug-likeness (QED) is 0.894. The Morgan fingerprint density at radius 2 is 2.28 bits per heavy atom. The molecule has 1 aromatic carbocycles. The Hall–Kier alpha value is -1.26. The van der Waals surface area contributed by atoms with Gasteiger partial charge in [-0.05, 0) is 37.6 Å². The zero-order chi connectivity index (χ0) is 13.0. The number of hydrogen-bond acceptors (Lipinski definition) is 3. The molecule has 0 saturated carbocycles. The first-order valence-electron chi connectivity index (χ1n) is 6.09. The third-order valence-electron chi connectivity index (χ3n) is 2.76. The Bertz CT molecular complexity index is 510. The van der Waals surface area contributed by atoms with Crippen molar-refractivity contribution >= 4 is 11.3 Å². The van der Waals surface area contributed by atoms with Crippen LogP contribution in [0.5, 0.6) is 0 Å². The summed E-state index contributed by atoms with van der Waals surface area (Å²) in [6.45, 7) is 4.96. The summed E-state index contributed by atoms with van der Waals surface area (Å²) in [5.41, 5.74) is 1.01. The maximum absolute atomic E-state index is 13.2. The number of aryl methyl sites for hydroxylation is 1. The van der Waals surface area contributed by atoms with Crippen LogP contribution < -0.4 is 5.32 Å². The minimum absolute atomic E-state index is 0.178. The fraction of sp³-hybridized carbons (Fsp3) is 0.357. The molecule has 1 atom stereocenters. The maximum Gasteiger partial charge on any atom is 0.123 e. The molecule has 2 aromatic rings. The molecular formula is C14H17FN2S. The zero-order valence-electron chi connectivity index (χ0n) is 10.6. The number of likely N-dealkylation sites (N-methyl/N-ethyl adjacent to an activating group) is 1. The third kappa shape index (κ3) is 3.37. The van der Waals surface area contributed by atoms with E-state index in [-0.39, 0.29) is 11.9 Å². The Morgan fingerprint density at radius 3 is 2.89 bits per heavy atom. The van der Waals surface area contributed by atoms with Crippen LogP contribution in [0.25, 0.3) is 0 Å². The fourth-order valence-corrected chi connectivity index (χ4v) is 2.82. The van der Waals surface area contributed by atoms with E-state index in [1.165, 1.54) is 10.9 Å². The highest BCUT2D eigenvalue weighted by atomic mass is 32.1. The molecule has 1 aromatic heterocycles. The van der Waals surface area contributed by atoms with Crippen LogP contribution in [0.1, 0.15) is 28.4 Å². The minimum atomic E-state index is -0.178. The van der Waals surface area contributed by atoms with Crippen LogP contribution in [-0.2, 0) is 6.42 Å². The molecule has 1 heterocycles. The van der Waals surface area contributed by atoms with Gasteiger partial charge in [-0.15, -0.1) is 11.3 Å². The second-order valence-electron chi connectivity index (χ2n) is 4.23. The van der Waals surface area contributed by atoms with E-state index < -0.39 is 0 Å². The number of benzene rings is 1. The van der Waals surface area contributed by atoms with E-state index in [2.05, 4.69) is 17.2 Å². The fourth-order valence-electron chi connectivity index (χ4n) is 1.96. The van der Waals surface area contributed by atoms with Crippen LogP contribution in [0.3, 0.4) is 0 Å². The molecule has 2 nitrogen and oxygen atoms in total. The van der Waals surface area contributed by atoms with E-state index in [9.17, 15) is 4.39 Å². The largest absolute Gasteiger partial charge is 0.309 e. The van der Waals surface area contributed by atoms with Gasteiger partial charge in [0.25, 0.3) is 0 Å². The highest BCUT2D eigenvalue weighted by Crippen LogP contribution is 2.24. The number of halogens is 1. The molecule has 96 valence electrons. The SMILES string of the molecule is CCNC(Cc1cccc(F)c1)c1cnc(C)s1. The van der Waals surface area contributed by atoms with Gasteiger partial charge in [-0.25, -0.2) is 9.37 Å². The molecule has 2 rings (SSSR count). The molecule has 0 aliphatic carbocycles. The molecule has 0 aliphatic rings. The predicted octanol–water partition coefficient (Wildman–Crippen LogP) is 3.48. The summed E-state index contributed by atoms with van der Waals surface area (Å²) in [5.74, 6) is -0.178. The second kappa shape index (κ2) is 6.07. The van der Waals surface area contributed by atoms with Crippen LogP contribution in [0, 0.1) is 12.7 Å². The van der Waals surface area contributed by atoms with Crippen LogP contribution >= 0.6 is 11.3 Å².